The minimum Gasteiger partial charge on any atom is -0.462 e. The van der Waals surface area contributed by atoms with E-state index >= 15 is 0 Å². The lowest BCUT2D eigenvalue weighted by atomic mass is 10.0. The van der Waals surface area contributed by atoms with E-state index in [4.69, 9.17) is 14.2 Å². The molecule has 0 aliphatic heterocycles. The highest BCUT2D eigenvalue weighted by molar-refractivity contribution is 5.72. The normalized spacial score (nSPS) is 12.6. The number of carbonyl (C=O) groups excluding carboxylic acids is 3. The summed E-state index contributed by atoms with van der Waals surface area (Å²) in [4.78, 5) is 38.4. The van der Waals surface area contributed by atoms with Crippen molar-refractivity contribution >= 4 is 17.9 Å². The van der Waals surface area contributed by atoms with Gasteiger partial charge in [0, 0.05) is 12.8 Å². The summed E-state index contributed by atoms with van der Waals surface area (Å²) >= 11 is 0. The van der Waals surface area contributed by atoms with Gasteiger partial charge in [-0.2, -0.15) is 0 Å². The molecule has 6 nitrogen and oxygen atoms in total. The van der Waals surface area contributed by atoms with Crippen LogP contribution in [-0.4, -0.2) is 37.2 Å². The molecule has 0 saturated carbocycles. The molecule has 83 heavy (non-hydrogen) atoms. The summed E-state index contributed by atoms with van der Waals surface area (Å²) in [6, 6.07) is 0. The molecule has 0 fully saturated rings. The number of hydrogen-bond donors (Lipinski definition) is 0. The molecule has 0 spiro atoms. The first-order chi connectivity index (χ1) is 41.0. The van der Waals surface area contributed by atoms with Crippen molar-refractivity contribution in [1.82, 2.24) is 0 Å². The van der Waals surface area contributed by atoms with Gasteiger partial charge in [-0.05, 0) is 96.3 Å². The third-order valence-corrected chi connectivity index (χ3v) is 15.9. The molecule has 6 heteroatoms. The molecule has 0 aliphatic carbocycles. The number of rotatable bonds is 66. The fourth-order valence-corrected chi connectivity index (χ4v) is 10.5. The van der Waals surface area contributed by atoms with E-state index < -0.39 is 12.1 Å². The molecule has 0 saturated heterocycles. The fraction of sp³-hybridized carbons (Fsp3) is 0.779. The molecular formula is C77H136O6. The van der Waals surface area contributed by atoms with Crippen molar-refractivity contribution < 1.29 is 28.6 Å². The maximum Gasteiger partial charge on any atom is 0.309 e. The third-order valence-electron chi connectivity index (χ3n) is 15.9. The summed E-state index contributed by atoms with van der Waals surface area (Å²) < 4.78 is 16.9. The van der Waals surface area contributed by atoms with Crippen LogP contribution in [0.2, 0.25) is 0 Å². The zero-order valence-electron chi connectivity index (χ0n) is 55.2. The van der Waals surface area contributed by atoms with Crippen LogP contribution in [0.5, 0.6) is 0 Å². The highest BCUT2D eigenvalue weighted by Crippen LogP contribution is 2.18. The molecule has 0 aliphatic rings. The maximum atomic E-state index is 12.9. The Kier molecular flexibility index (Phi) is 68.2. The van der Waals surface area contributed by atoms with Crippen LogP contribution >= 0.6 is 0 Å². The molecule has 1 unspecified atom stereocenters. The molecule has 0 aromatic carbocycles. The van der Waals surface area contributed by atoms with E-state index in [0.29, 0.717) is 12.8 Å². The van der Waals surface area contributed by atoms with Crippen molar-refractivity contribution in [1.29, 1.82) is 0 Å². The molecule has 0 rings (SSSR count). The molecule has 0 aromatic heterocycles. The Labute approximate surface area is 515 Å². The largest absolute Gasteiger partial charge is 0.462 e. The van der Waals surface area contributed by atoms with Crippen LogP contribution in [0.1, 0.15) is 367 Å². The minimum atomic E-state index is -0.819. The van der Waals surface area contributed by atoms with E-state index in [1.807, 2.05) is 12.2 Å². The number of ether oxygens (including phenoxy) is 3. The standard InChI is InChI=1S/C77H136O6/c1-4-7-10-13-16-19-22-25-28-30-32-34-35-36-37-38-39-40-41-43-44-46-49-52-55-58-61-64-67-70-76(79)82-73-74(72-81-75(78)69-66-63-60-57-54-51-48-27-24-21-18-15-12-9-6-3)83-77(80)71-68-65-62-59-56-53-50-47-45-42-33-31-29-26-23-20-17-14-11-8-5-2/h9,12,18,21,27,30-33,48,54,57,63,66,74H,4-8,10-11,13-17,19-20,22-26,28-29,34-47,49-53,55-56,58-62,64-65,67-73H2,1-3H3/b12-9-,21-18-,32-30-,33-31-,48-27-,57-54-,66-63-. The second kappa shape index (κ2) is 71.1. The van der Waals surface area contributed by atoms with Gasteiger partial charge in [-0.3, -0.25) is 14.4 Å². The number of allylic oxidation sites excluding steroid dienone is 13. The maximum absolute atomic E-state index is 12.9. The number of carbonyl (C=O) groups is 3. The summed E-state index contributed by atoms with van der Waals surface area (Å²) in [5, 5.41) is 0. The Balaban J connectivity index is 4.30. The smallest absolute Gasteiger partial charge is 0.309 e. The topological polar surface area (TPSA) is 78.9 Å². The average Bonchev–Trinajstić information content (AvgIpc) is 3.49. The monoisotopic (exact) mass is 1160 g/mol. The first-order valence-corrected chi connectivity index (χ1v) is 36.1. The van der Waals surface area contributed by atoms with Crippen LogP contribution in [0, 0.1) is 0 Å². The van der Waals surface area contributed by atoms with Crippen molar-refractivity contribution in [2.75, 3.05) is 13.2 Å². The molecule has 0 N–H and O–H groups in total. The molecule has 0 heterocycles. The van der Waals surface area contributed by atoms with Gasteiger partial charge in [-0.25, -0.2) is 0 Å². The SMILES string of the molecule is CC/C=C\C/C=C\C/C=C\C/C=C\C/C=C\CC(=O)OCC(COC(=O)CCCCCCCCCCCCCCCCCCC/C=C\CCCCCCCCCC)OC(=O)CCCCCCCCCCC/C=C\CCCCCCCCCC. The Bertz CT molecular complexity index is 1570. The average molecular weight is 1160 g/mol. The number of esters is 3. The number of hydrogen-bond acceptors (Lipinski definition) is 6. The van der Waals surface area contributed by atoms with Gasteiger partial charge in [0.1, 0.15) is 13.2 Å². The molecular weight excluding hydrogens is 1020 g/mol. The van der Waals surface area contributed by atoms with Gasteiger partial charge in [0.25, 0.3) is 0 Å². The van der Waals surface area contributed by atoms with E-state index in [1.165, 1.54) is 257 Å². The second-order valence-corrected chi connectivity index (χ2v) is 24.1. The summed E-state index contributed by atoms with van der Waals surface area (Å²) in [5.74, 6) is -1.02. The van der Waals surface area contributed by atoms with Gasteiger partial charge in [0.2, 0.25) is 0 Å². The molecule has 0 amide bonds. The van der Waals surface area contributed by atoms with E-state index in [2.05, 4.69) is 93.7 Å². The van der Waals surface area contributed by atoms with Crippen LogP contribution in [-0.2, 0) is 28.6 Å². The van der Waals surface area contributed by atoms with Crippen LogP contribution in [0.15, 0.2) is 85.1 Å². The predicted molar refractivity (Wildman–Crippen MR) is 362 cm³/mol. The van der Waals surface area contributed by atoms with E-state index in [-0.39, 0.29) is 31.6 Å². The Morgan fingerprint density at radius 3 is 0.831 bits per heavy atom. The quantitative estimate of drug-likeness (QED) is 0.0261. The Morgan fingerprint density at radius 1 is 0.265 bits per heavy atom. The second-order valence-electron chi connectivity index (χ2n) is 24.1. The Morgan fingerprint density at radius 2 is 0.518 bits per heavy atom. The zero-order valence-corrected chi connectivity index (χ0v) is 55.2. The van der Waals surface area contributed by atoms with Gasteiger partial charge in [0.15, 0.2) is 6.10 Å². The van der Waals surface area contributed by atoms with Crippen molar-refractivity contribution in [3.8, 4) is 0 Å². The van der Waals surface area contributed by atoms with Crippen LogP contribution < -0.4 is 0 Å². The molecule has 0 aromatic rings. The molecule has 480 valence electrons. The van der Waals surface area contributed by atoms with Crippen molar-refractivity contribution in [3.63, 3.8) is 0 Å². The van der Waals surface area contributed by atoms with Gasteiger partial charge >= 0.3 is 17.9 Å². The van der Waals surface area contributed by atoms with Crippen molar-refractivity contribution in [2.45, 2.75) is 374 Å². The van der Waals surface area contributed by atoms with Crippen molar-refractivity contribution in [3.05, 3.63) is 85.1 Å². The molecule has 0 radical (unpaired) electrons. The van der Waals surface area contributed by atoms with Crippen LogP contribution in [0.4, 0.5) is 0 Å². The molecule has 0 bridgehead atoms. The summed E-state index contributed by atoms with van der Waals surface area (Å²) in [7, 11) is 0. The van der Waals surface area contributed by atoms with E-state index in [0.717, 1.165) is 70.6 Å². The van der Waals surface area contributed by atoms with Crippen LogP contribution in [0.25, 0.3) is 0 Å². The van der Waals surface area contributed by atoms with E-state index in [1.54, 1.807) is 0 Å². The third kappa shape index (κ3) is 69.3. The number of unbranched alkanes of at least 4 members (excludes halogenated alkanes) is 42. The van der Waals surface area contributed by atoms with E-state index in [9.17, 15) is 14.4 Å². The summed E-state index contributed by atoms with van der Waals surface area (Å²) in [6.07, 6.45) is 95.1. The highest BCUT2D eigenvalue weighted by atomic mass is 16.6. The fourth-order valence-electron chi connectivity index (χ4n) is 10.5. The zero-order chi connectivity index (χ0) is 59.9. The Hall–Kier alpha value is -3.41. The lowest BCUT2D eigenvalue weighted by Gasteiger charge is -2.18. The first-order valence-electron chi connectivity index (χ1n) is 36.1. The predicted octanol–water partition coefficient (Wildman–Crippen LogP) is 25.0. The van der Waals surface area contributed by atoms with Gasteiger partial charge in [-0.15, -0.1) is 0 Å². The first kappa shape index (κ1) is 79.6. The lowest BCUT2D eigenvalue weighted by molar-refractivity contribution is -0.166. The minimum absolute atomic E-state index is 0.104. The highest BCUT2D eigenvalue weighted by Gasteiger charge is 2.19. The van der Waals surface area contributed by atoms with Gasteiger partial charge in [-0.1, -0.05) is 337 Å². The van der Waals surface area contributed by atoms with Gasteiger partial charge < -0.3 is 14.2 Å². The van der Waals surface area contributed by atoms with Gasteiger partial charge in [0.05, 0.1) is 6.42 Å². The summed E-state index contributed by atoms with van der Waals surface area (Å²) in [5.41, 5.74) is 0. The molecule has 1 atom stereocenters. The summed E-state index contributed by atoms with van der Waals surface area (Å²) in [6.45, 7) is 6.49. The van der Waals surface area contributed by atoms with Crippen LogP contribution in [0.3, 0.4) is 0 Å². The lowest BCUT2D eigenvalue weighted by Crippen LogP contribution is -2.30. The van der Waals surface area contributed by atoms with Crippen molar-refractivity contribution in [2.24, 2.45) is 0 Å².